The standard InChI is InChI=1S/C10H8F3IO/c11-10(12,13)8-4-7(2-1-3-15)5-9(14)6-8/h3-6H,1-2H2. The summed E-state index contributed by atoms with van der Waals surface area (Å²) in [6.07, 6.45) is -3.02. The summed E-state index contributed by atoms with van der Waals surface area (Å²) < 4.78 is 37.7. The molecule has 0 aliphatic carbocycles. The summed E-state index contributed by atoms with van der Waals surface area (Å²) in [6, 6.07) is 3.83. The molecule has 1 rings (SSSR count). The van der Waals surface area contributed by atoms with Crippen molar-refractivity contribution in [2.45, 2.75) is 19.0 Å². The fourth-order valence-corrected chi connectivity index (χ4v) is 1.92. The van der Waals surface area contributed by atoms with Gasteiger partial charge in [0.25, 0.3) is 0 Å². The summed E-state index contributed by atoms with van der Waals surface area (Å²) in [5, 5.41) is 0. The van der Waals surface area contributed by atoms with Crippen LogP contribution in [0.4, 0.5) is 13.2 Å². The van der Waals surface area contributed by atoms with Crippen molar-refractivity contribution in [3.8, 4) is 0 Å². The molecule has 0 amide bonds. The van der Waals surface area contributed by atoms with Crippen LogP contribution in [0.3, 0.4) is 0 Å². The van der Waals surface area contributed by atoms with Crippen LogP contribution in [-0.2, 0) is 17.4 Å². The van der Waals surface area contributed by atoms with E-state index in [-0.39, 0.29) is 6.42 Å². The lowest BCUT2D eigenvalue weighted by molar-refractivity contribution is -0.137. The van der Waals surface area contributed by atoms with Crippen LogP contribution in [0.15, 0.2) is 18.2 Å². The van der Waals surface area contributed by atoms with Crippen molar-refractivity contribution in [2.24, 2.45) is 0 Å². The molecule has 0 aromatic heterocycles. The topological polar surface area (TPSA) is 17.1 Å². The predicted molar refractivity (Wildman–Crippen MR) is 58.5 cm³/mol. The summed E-state index contributed by atoms with van der Waals surface area (Å²) in [7, 11) is 0. The van der Waals surface area contributed by atoms with Crippen molar-refractivity contribution in [3.63, 3.8) is 0 Å². The van der Waals surface area contributed by atoms with Gasteiger partial charge in [0.15, 0.2) is 0 Å². The Morgan fingerprint density at radius 1 is 1.27 bits per heavy atom. The van der Waals surface area contributed by atoms with Gasteiger partial charge < -0.3 is 4.79 Å². The largest absolute Gasteiger partial charge is 0.416 e. The summed E-state index contributed by atoms with van der Waals surface area (Å²) in [5.41, 5.74) is -0.114. The molecule has 0 heterocycles. The molecular formula is C10H8F3IO. The Balaban J connectivity index is 3.00. The maximum absolute atomic E-state index is 12.4. The zero-order valence-electron chi connectivity index (χ0n) is 7.64. The van der Waals surface area contributed by atoms with Gasteiger partial charge >= 0.3 is 6.18 Å². The summed E-state index contributed by atoms with van der Waals surface area (Å²) in [4.78, 5) is 10.1. The highest BCUT2D eigenvalue weighted by molar-refractivity contribution is 14.1. The Kier molecular flexibility index (Phi) is 4.12. The molecule has 1 aromatic rings. The van der Waals surface area contributed by atoms with Gasteiger partial charge in [0.05, 0.1) is 5.56 Å². The maximum atomic E-state index is 12.4. The van der Waals surface area contributed by atoms with Crippen LogP contribution in [0, 0.1) is 3.57 Å². The molecule has 82 valence electrons. The van der Waals surface area contributed by atoms with E-state index in [4.69, 9.17) is 0 Å². The monoisotopic (exact) mass is 328 g/mol. The van der Waals surface area contributed by atoms with Crippen LogP contribution in [0.1, 0.15) is 17.5 Å². The molecule has 0 unspecified atom stereocenters. The van der Waals surface area contributed by atoms with E-state index in [1.165, 1.54) is 0 Å². The van der Waals surface area contributed by atoms with E-state index in [1.807, 2.05) is 22.6 Å². The minimum atomic E-state index is -4.32. The van der Waals surface area contributed by atoms with E-state index >= 15 is 0 Å². The number of carbonyl (C=O) groups is 1. The summed E-state index contributed by atoms with van der Waals surface area (Å²) in [6.45, 7) is 0. The Bertz CT molecular complexity index is 360. The molecule has 0 bridgehead atoms. The first-order valence-corrected chi connectivity index (χ1v) is 5.31. The number of hydrogen-bond donors (Lipinski definition) is 0. The number of aldehydes is 1. The fraction of sp³-hybridized carbons (Fsp3) is 0.300. The number of alkyl halides is 3. The lowest BCUT2D eigenvalue weighted by atomic mass is 10.1. The Morgan fingerprint density at radius 2 is 1.93 bits per heavy atom. The number of halogens is 4. The van der Waals surface area contributed by atoms with Gasteiger partial charge in [-0.3, -0.25) is 0 Å². The van der Waals surface area contributed by atoms with E-state index in [2.05, 4.69) is 0 Å². The van der Waals surface area contributed by atoms with Gasteiger partial charge in [-0.1, -0.05) is 0 Å². The smallest absolute Gasteiger partial charge is 0.303 e. The SMILES string of the molecule is O=CCCc1cc(I)cc(C(F)(F)F)c1. The minimum absolute atomic E-state index is 0.247. The number of rotatable bonds is 3. The molecule has 0 aliphatic rings. The van der Waals surface area contributed by atoms with Gasteiger partial charge in [-0.25, -0.2) is 0 Å². The van der Waals surface area contributed by atoms with Gasteiger partial charge in [-0.05, 0) is 52.8 Å². The van der Waals surface area contributed by atoms with Crippen LogP contribution in [0.25, 0.3) is 0 Å². The average molecular weight is 328 g/mol. The van der Waals surface area contributed by atoms with E-state index < -0.39 is 11.7 Å². The van der Waals surface area contributed by atoms with E-state index in [0.29, 0.717) is 21.8 Å². The molecule has 1 nitrogen and oxygen atoms in total. The number of benzene rings is 1. The lowest BCUT2D eigenvalue weighted by Gasteiger charge is -2.09. The first-order chi connectivity index (χ1) is 6.93. The normalized spacial score (nSPS) is 11.5. The minimum Gasteiger partial charge on any atom is -0.303 e. The first-order valence-electron chi connectivity index (χ1n) is 4.24. The molecule has 15 heavy (non-hydrogen) atoms. The molecule has 0 saturated heterocycles. The first kappa shape index (κ1) is 12.5. The van der Waals surface area contributed by atoms with Crippen molar-refractivity contribution in [1.82, 2.24) is 0 Å². The molecule has 0 aliphatic heterocycles. The molecular weight excluding hydrogens is 320 g/mol. The summed E-state index contributed by atoms with van der Waals surface area (Å²) >= 11 is 1.83. The van der Waals surface area contributed by atoms with Crippen LogP contribution < -0.4 is 0 Å². The van der Waals surface area contributed by atoms with Crippen LogP contribution in [0.2, 0.25) is 0 Å². The van der Waals surface area contributed by atoms with Gasteiger partial charge in [-0.15, -0.1) is 0 Å². The predicted octanol–water partition coefficient (Wildman–Crippen LogP) is 3.44. The quantitative estimate of drug-likeness (QED) is 0.614. The highest BCUT2D eigenvalue weighted by atomic mass is 127. The highest BCUT2D eigenvalue weighted by Crippen LogP contribution is 2.31. The molecule has 0 N–H and O–H groups in total. The van der Waals surface area contributed by atoms with Crippen molar-refractivity contribution in [2.75, 3.05) is 0 Å². The van der Waals surface area contributed by atoms with E-state index in [0.717, 1.165) is 12.1 Å². The number of aryl methyl sites for hydroxylation is 1. The second-order valence-electron chi connectivity index (χ2n) is 3.05. The summed E-state index contributed by atoms with van der Waals surface area (Å²) in [5.74, 6) is 0. The molecule has 0 spiro atoms. The number of carbonyl (C=O) groups excluding carboxylic acids is 1. The second-order valence-corrected chi connectivity index (χ2v) is 4.30. The molecule has 0 atom stereocenters. The van der Waals surface area contributed by atoms with Crippen LogP contribution >= 0.6 is 22.6 Å². The highest BCUT2D eigenvalue weighted by Gasteiger charge is 2.30. The third kappa shape index (κ3) is 3.81. The van der Waals surface area contributed by atoms with Gasteiger partial charge in [0.1, 0.15) is 6.29 Å². The second kappa shape index (κ2) is 4.96. The Morgan fingerprint density at radius 3 is 2.47 bits per heavy atom. The molecule has 1 aromatic carbocycles. The molecule has 5 heteroatoms. The average Bonchev–Trinajstić information content (AvgIpc) is 2.12. The van der Waals surface area contributed by atoms with E-state index in [1.54, 1.807) is 6.07 Å². The van der Waals surface area contributed by atoms with Crippen molar-refractivity contribution < 1.29 is 18.0 Å². The molecule has 0 radical (unpaired) electrons. The zero-order valence-corrected chi connectivity index (χ0v) is 9.80. The molecule has 0 saturated carbocycles. The fourth-order valence-electron chi connectivity index (χ4n) is 1.18. The van der Waals surface area contributed by atoms with Crippen LogP contribution in [-0.4, -0.2) is 6.29 Å². The molecule has 0 fully saturated rings. The maximum Gasteiger partial charge on any atom is 0.416 e. The van der Waals surface area contributed by atoms with Crippen molar-refractivity contribution in [1.29, 1.82) is 0 Å². The van der Waals surface area contributed by atoms with E-state index in [9.17, 15) is 18.0 Å². The van der Waals surface area contributed by atoms with Gasteiger partial charge in [0, 0.05) is 9.99 Å². The van der Waals surface area contributed by atoms with Crippen LogP contribution in [0.5, 0.6) is 0 Å². The number of hydrogen-bond acceptors (Lipinski definition) is 1. The van der Waals surface area contributed by atoms with Crippen molar-refractivity contribution in [3.05, 3.63) is 32.9 Å². The zero-order chi connectivity index (χ0) is 11.5. The third-order valence-corrected chi connectivity index (χ3v) is 2.46. The third-order valence-electron chi connectivity index (χ3n) is 1.84. The lowest BCUT2D eigenvalue weighted by Crippen LogP contribution is -2.06. The Hall–Kier alpha value is -0.590. The van der Waals surface area contributed by atoms with Gasteiger partial charge in [0.2, 0.25) is 0 Å². The van der Waals surface area contributed by atoms with Crippen molar-refractivity contribution >= 4 is 28.9 Å². The Labute approximate surface area is 98.8 Å². The van der Waals surface area contributed by atoms with Gasteiger partial charge in [-0.2, -0.15) is 13.2 Å².